The number of methoxy groups -OCH3 is 2. The second-order valence-electron chi connectivity index (χ2n) is 4.10. The Morgan fingerprint density at radius 3 is 2.56 bits per heavy atom. The maximum absolute atomic E-state index is 11.5. The lowest BCUT2D eigenvalue weighted by molar-refractivity contribution is -0.116. The molecule has 0 bridgehead atoms. The molecule has 0 aliphatic heterocycles. The van der Waals surface area contributed by atoms with Gasteiger partial charge in [0.15, 0.2) is 0 Å². The van der Waals surface area contributed by atoms with Gasteiger partial charge in [-0.2, -0.15) is 0 Å². The first-order chi connectivity index (χ1) is 8.56. The van der Waals surface area contributed by atoms with Gasteiger partial charge in [-0.1, -0.05) is 0 Å². The highest BCUT2D eigenvalue weighted by Gasteiger charge is 2.03. The predicted molar refractivity (Wildman–Crippen MR) is 71.9 cm³/mol. The highest BCUT2D eigenvalue weighted by molar-refractivity contribution is 5.92. The maximum Gasteiger partial charge on any atom is 0.244 e. The smallest absolute Gasteiger partial charge is 0.244 e. The van der Waals surface area contributed by atoms with E-state index in [1.807, 2.05) is 26.0 Å². The van der Waals surface area contributed by atoms with Crippen LogP contribution in [0.1, 0.15) is 19.4 Å². The standard InChI is InChI=1S/C14H19NO3/c1-10(2)15-14(16)8-6-11-5-7-12(17-3)9-13(11)18-4/h5-10H,1-4H3,(H,15,16). The zero-order chi connectivity index (χ0) is 13.5. The quantitative estimate of drug-likeness (QED) is 0.814. The predicted octanol–water partition coefficient (Wildman–Crippen LogP) is 2.24. The monoisotopic (exact) mass is 249 g/mol. The molecule has 0 radical (unpaired) electrons. The summed E-state index contributed by atoms with van der Waals surface area (Å²) in [6.45, 7) is 3.83. The minimum atomic E-state index is -0.122. The number of hydrogen-bond acceptors (Lipinski definition) is 3. The Morgan fingerprint density at radius 1 is 1.28 bits per heavy atom. The Bertz CT molecular complexity index is 439. The molecule has 0 heterocycles. The van der Waals surface area contributed by atoms with Gasteiger partial charge in [-0.15, -0.1) is 0 Å². The number of carbonyl (C=O) groups is 1. The van der Waals surface area contributed by atoms with Gasteiger partial charge < -0.3 is 14.8 Å². The van der Waals surface area contributed by atoms with Gasteiger partial charge in [0.05, 0.1) is 14.2 Å². The molecule has 0 aliphatic carbocycles. The van der Waals surface area contributed by atoms with Crippen molar-refractivity contribution in [2.45, 2.75) is 19.9 Å². The highest BCUT2D eigenvalue weighted by atomic mass is 16.5. The van der Waals surface area contributed by atoms with Gasteiger partial charge in [0.2, 0.25) is 5.91 Å². The zero-order valence-electron chi connectivity index (χ0n) is 11.2. The van der Waals surface area contributed by atoms with Crippen molar-refractivity contribution in [3.63, 3.8) is 0 Å². The summed E-state index contributed by atoms with van der Waals surface area (Å²) in [6, 6.07) is 5.57. The van der Waals surface area contributed by atoms with Crippen molar-refractivity contribution < 1.29 is 14.3 Å². The third kappa shape index (κ3) is 4.13. The van der Waals surface area contributed by atoms with E-state index in [4.69, 9.17) is 9.47 Å². The average molecular weight is 249 g/mol. The lowest BCUT2D eigenvalue weighted by atomic mass is 10.1. The number of ether oxygens (including phenoxy) is 2. The molecule has 1 amide bonds. The Labute approximate surface area is 108 Å². The van der Waals surface area contributed by atoms with Crippen LogP contribution in [0.15, 0.2) is 24.3 Å². The second kappa shape index (κ2) is 6.69. The van der Waals surface area contributed by atoms with Gasteiger partial charge >= 0.3 is 0 Å². The van der Waals surface area contributed by atoms with Crippen LogP contribution >= 0.6 is 0 Å². The summed E-state index contributed by atoms with van der Waals surface area (Å²) in [5.74, 6) is 1.27. The van der Waals surface area contributed by atoms with Gasteiger partial charge in [-0.25, -0.2) is 0 Å². The maximum atomic E-state index is 11.5. The van der Waals surface area contributed by atoms with Crippen molar-refractivity contribution in [1.29, 1.82) is 0 Å². The first-order valence-electron chi connectivity index (χ1n) is 5.77. The summed E-state index contributed by atoms with van der Waals surface area (Å²) in [5.41, 5.74) is 0.831. The fraction of sp³-hybridized carbons (Fsp3) is 0.357. The number of hydrogen-bond donors (Lipinski definition) is 1. The van der Waals surface area contributed by atoms with Gasteiger partial charge in [0.25, 0.3) is 0 Å². The number of benzene rings is 1. The Balaban J connectivity index is 2.83. The molecule has 0 saturated heterocycles. The molecule has 0 aromatic heterocycles. The van der Waals surface area contributed by atoms with Gasteiger partial charge in [-0.3, -0.25) is 4.79 Å². The van der Waals surface area contributed by atoms with Crippen LogP contribution in [0.25, 0.3) is 6.08 Å². The molecule has 0 saturated carbocycles. The van der Waals surface area contributed by atoms with Crippen LogP contribution in [0.5, 0.6) is 11.5 Å². The van der Waals surface area contributed by atoms with Gasteiger partial charge in [0.1, 0.15) is 11.5 Å². The molecule has 18 heavy (non-hydrogen) atoms. The van der Waals surface area contributed by atoms with Crippen molar-refractivity contribution >= 4 is 12.0 Å². The van der Waals surface area contributed by atoms with E-state index in [9.17, 15) is 4.79 Å². The van der Waals surface area contributed by atoms with E-state index in [1.54, 1.807) is 26.4 Å². The molecule has 1 N–H and O–H groups in total. The summed E-state index contributed by atoms with van der Waals surface area (Å²) < 4.78 is 10.3. The zero-order valence-corrected chi connectivity index (χ0v) is 11.2. The summed E-state index contributed by atoms with van der Waals surface area (Å²) in [4.78, 5) is 11.5. The molecule has 1 aromatic rings. The van der Waals surface area contributed by atoms with Crippen molar-refractivity contribution in [3.05, 3.63) is 29.8 Å². The van der Waals surface area contributed by atoms with Crippen LogP contribution in [0.4, 0.5) is 0 Å². The van der Waals surface area contributed by atoms with Crippen LogP contribution in [0, 0.1) is 0 Å². The molecule has 0 unspecified atom stereocenters. The van der Waals surface area contributed by atoms with Crippen LogP contribution in [0.3, 0.4) is 0 Å². The molecule has 0 aliphatic rings. The molecule has 0 fully saturated rings. The average Bonchev–Trinajstić information content (AvgIpc) is 2.35. The number of carbonyl (C=O) groups excluding carboxylic acids is 1. The van der Waals surface area contributed by atoms with Crippen molar-refractivity contribution in [3.8, 4) is 11.5 Å². The van der Waals surface area contributed by atoms with Crippen molar-refractivity contribution in [2.24, 2.45) is 0 Å². The third-order valence-corrected chi connectivity index (χ3v) is 2.29. The number of amides is 1. The molecular formula is C14H19NO3. The van der Waals surface area contributed by atoms with Crippen LogP contribution in [-0.2, 0) is 4.79 Å². The molecule has 0 spiro atoms. The van der Waals surface area contributed by atoms with E-state index in [-0.39, 0.29) is 11.9 Å². The van der Waals surface area contributed by atoms with Crippen LogP contribution in [0.2, 0.25) is 0 Å². The second-order valence-corrected chi connectivity index (χ2v) is 4.10. The van der Waals surface area contributed by atoms with Crippen LogP contribution in [-0.4, -0.2) is 26.2 Å². The lowest BCUT2D eigenvalue weighted by Crippen LogP contribution is -2.28. The van der Waals surface area contributed by atoms with Gasteiger partial charge in [0, 0.05) is 23.7 Å². The normalized spacial score (nSPS) is 10.7. The minimum Gasteiger partial charge on any atom is -0.497 e. The SMILES string of the molecule is COc1ccc(C=CC(=O)NC(C)C)c(OC)c1. The fourth-order valence-electron chi connectivity index (χ4n) is 1.45. The Hall–Kier alpha value is -1.97. The summed E-state index contributed by atoms with van der Waals surface area (Å²) in [6.07, 6.45) is 3.21. The number of nitrogens with one attached hydrogen (secondary N) is 1. The molecule has 98 valence electrons. The first kappa shape index (κ1) is 14.1. The molecule has 0 atom stereocenters. The van der Waals surface area contributed by atoms with E-state index >= 15 is 0 Å². The van der Waals surface area contributed by atoms with Crippen molar-refractivity contribution in [1.82, 2.24) is 5.32 Å². The van der Waals surface area contributed by atoms with Gasteiger partial charge in [-0.05, 0) is 32.1 Å². The summed E-state index contributed by atoms with van der Waals surface area (Å²) >= 11 is 0. The number of rotatable bonds is 5. The fourth-order valence-corrected chi connectivity index (χ4v) is 1.45. The largest absolute Gasteiger partial charge is 0.497 e. The Kier molecular flexibility index (Phi) is 5.24. The minimum absolute atomic E-state index is 0.122. The van der Waals surface area contributed by atoms with E-state index in [1.165, 1.54) is 6.08 Å². The molecule has 1 aromatic carbocycles. The summed E-state index contributed by atoms with van der Waals surface area (Å²) in [7, 11) is 3.18. The highest BCUT2D eigenvalue weighted by Crippen LogP contribution is 2.25. The Morgan fingerprint density at radius 2 is 2.00 bits per heavy atom. The lowest BCUT2D eigenvalue weighted by Gasteiger charge is -2.08. The van der Waals surface area contributed by atoms with E-state index < -0.39 is 0 Å². The molecule has 4 heteroatoms. The first-order valence-corrected chi connectivity index (χ1v) is 5.77. The van der Waals surface area contributed by atoms with E-state index in [0.29, 0.717) is 5.75 Å². The molecular weight excluding hydrogens is 230 g/mol. The van der Waals surface area contributed by atoms with Crippen molar-refractivity contribution in [2.75, 3.05) is 14.2 Å². The van der Waals surface area contributed by atoms with E-state index in [0.717, 1.165) is 11.3 Å². The van der Waals surface area contributed by atoms with E-state index in [2.05, 4.69) is 5.32 Å². The molecule has 4 nitrogen and oxygen atoms in total. The third-order valence-electron chi connectivity index (χ3n) is 2.29. The summed E-state index contributed by atoms with van der Waals surface area (Å²) in [5, 5.41) is 2.78. The molecule has 1 rings (SSSR count). The van der Waals surface area contributed by atoms with Crippen LogP contribution < -0.4 is 14.8 Å². The topological polar surface area (TPSA) is 47.6 Å².